The third-order valence-corrected chi connectivity index (χ3v) is 6.93. The summed E-state index contributed by atoms with van der Waals surface area (Å²) in [5.41, 5.74) is 7.37. The summed E-state index contributed by atoms with van der Waals surface area (Å²) in [6.07, 6.45) is 4.78. The maximum atomic E-state index is 13.1. The van der Waals surface area contributed by atoms with E-state index in [2.05, 4.69) is 15.0 Å². The van der Waals surface area contributed by atoms with Crippen LogP contribution in [0.25, 0.3) is 11.0 Å². The Morgan fingerprint density at radius 3 is 2.46 bits per heavy atom. The van der Waals surface area contributed by atoms with E-state index in [4.69, 9.17) is 5.73 Å². The first kappa shape index (κ1) is 18.9. The van der Waals surface area contributed by atoms with Gasteiger partial charge >= 0.3 is 0 Å². The van der Waals surface area contributed by atoms with Gasteiger partial charge in [0.05, 0.1) is 10.3 Å². The van der Waals surface area contributed by atoms with E-state index in [0.717, 1.165) is 31.5 Å². The van der Waals surface area contributed by atoms with E-state index >= 15 is 0 Å². The number of hydrogen-bond acceptors (Lipinski definition) is 7. The third kappa shape index (κ3) is 3.25. The number of hydrogen-bond donors (Lipinski definition) is 1. The van der Waals surface area contributed by atoms with Crippen molar-refractivity contribution < 1.29 is 8.42 Å². The lowest BCUT2D eigenvalue weighted by atomic mass is 10.1. The van der Waals surface area contributed by atoms with Crippen molar-refractivity contribution >= 4 is 26.9 Å². The predicted molar refractivity (Wildman–Crippen MR) is 108 cm³/mol. The molecule has 1 fully saturated rings. The Kier molecular flexibility index (Phi) is 4.82. The summed E-state index contributed by atoms with van der Waals surface area (Å²) in [4.78, 5) is 8.90. The molecule has 1 aliphatic rings. The van der Waals surface area contributed by atoms with Gasteiger partial charge in [-0.1, -0.05) is 17.7 Å². The van der Waals surface area contributed by atoms with Gasteiger partial charge < -0.3 is 5.73 Å². The molecule has 0 radical (unpaired) electrons. The van der Waals surface area contributed by atoms with E-state index < -0.39 is 10.0 Å². The number of piperidine rings is 1. The quantitative estimate of drug-likeness (QED) is 0.712. The standard InChI is InChI=1S/C19H24N6O2S/c1-14-3-5-16(6-4-14)28(26,27)25-12-9-17-18(21-13-22-19(17)25)23(2)24-10-7-15(20)8-11-24/h3-6,9,12-13,15H,7-8,10-11,20H2,1-2H3. The number of aryl methyl sites for hydroxylation is 1. The molecule has 3 aromatic rings. The third-order valence-electron chi connectivity index (χ3n) is 5.25. The molecule has 2 N–H and O–H groups in total. The molecule has 0 spiro atoms. The molecule has 1 saturated heterocycles. The average molecular weight is 401 g/mol. The van der Waals surface area contributed by atoms with Crippen LogP contribution < -0.4 is 10.7 Å². The summed E-state index contributed by atoms with van der Waals surface area (Å²) in [6.45, 7) is 3.60. The highest BCUT2D eigenvalue weighted by molar-refractivity contribution is 7.90. The van der Waals surface area contributed by atoms with Crippen LogP contribution in [-0.2, 0) is 10.0 Å². The van der Waals surface area contributed by atoms with Crippen molar-refractivity contribution in [2.75, 3.05) is 25.1 Å². The van der Waals surface area contributed by atoms with Crippen LogP contribution in [0.3, 0.4) is 0 Å². The Labute approximate surface area is 164 Å². The summed E-state index contributed by atoms with van der Waals surface area (Å²) in [5, 5.41) is 4.84. The molecule has 3 heterocycles. The van der Waals surface area contributed by atoms with E-state index in [1.807, 2.05) is 19.0 Å². The molecular weight excluding hydrogens is 376 g/mol. The van der Waals surface area contributed by atoms with Crippen LogP contribution in [0.2, 0.25) is 0 Å². The van der Waals surface area contributed by atoms with Crippen molar-refractivity contribution in [2.45, 2.75) is 30.7 Å². The number of fused-ring (bicyclic) bond motifs is 1. The fraction of sp³-hybridized carbons (Fsp3) is 0.368. The van der Waals surface area contributed by atoms with Gasteiger partial charge in [-0.15, -0.1) is 0 Å². The van der Waals surface area contributed by atoms with Gasteiger partial charge in [0.15, 0.2) is 11.5 Å². The highest BCUT2D eigenvalue weighted by Gasteiger charge is 2.25. The van der Waals surface area contributed by atoms with Crippen molar-refractivity contribution in [1.29, 1.82) is 0 Å². The fourth-order valence-corrected chi connectivity index (χ4v) is 4.81. The van der Waals surface area contributed by atoms with Crippen molar-refractivity contribution in [3.05, 3.63) is 48.4 Å². The maximum absolute atomic E-state index is 13.1. The van der Waals surface area contributed by atoms with Gasteiger partial charge in [-0.2, -0.15) is 0 Å². The van der Waals surface area contributed by atoms with E-state index in [-0.39, 0.29) is 10.9 Å². The number of benzene rings is 1. The Morgan fingerprint density at radius 1 is 1.11 bits per heavy atom. The normalized spacial score (nSPS) is 16.5. The van der Waals surface area contributed by atoms with Gasteiger partial charge in [-0.25, -0.2) is 27.4 Å². The minimum absolute atomic E-state index is 0.231. The molecule has 0 atom stereocenters. The topological polar surface area (TPSA) is 97.4 Å². The molecule has 148 valence electrons. The average Bonchev–Trinajstić information content (AvgIpc) is 3.13. The van der Waals surface area contributed by atoms with Crippen molar-refractivity contribution in [2.24, 2.45) is 5.73 Å². The van der Waals surface area contributed by atoms with Crippen molar-refractivity contribution in [3.63, 3.8) is 0 Å². The predicted octanol–water partition coefficient (Wildman–Crippen LogP) is 1.75. The molecule has 0 bridgehead atoms. The lowest BCUT2D eigenvalue weighted by molar-refractivity contribution is 0.204. The van der Waals surface area contributed by atoms with Gasteiger partial charge in [0.1, 0.15) is 6.33 Å². The molecule has 0 aliphatic carbocycles. The lowest BCUT2D eigenvalue weighted by Crippen LogP contribution is -2.48. The van der Waals surface area contributed by atoms with Gasteiger partial charge in [-0.05, 0) is 38.0 Å². The second kappa shape index (κ2) is 7.16. The molecule has 2 aromatic heterocycles. The van der Waals surface area contributed by atoms with Crippen LogP contribution in [0.15, 0.2) is 47.8 Å². The van der Waals surface area contributed by atoms with Crippen LogP contribution in [-0.4, -0.2) is 53.5 Å². The summed E-state index contributed by atoms with van der Waals surface area (Å²) in [5.74, 6) is 0.679. The molecular formula is C19H24N6O2S. The SMILES string of the molecule is Cc1ccc(S(=O)(=O)n2ccc3c(N(C)N4CCC(N)CC4)ncnc32)cc1. The summed E-state index contributed by atoms with van der Waals surface area (Å²) >= 11 is 0. The Morgan fingerprint density at radius 2 is 1.79 bits per heavy atom. The maximum Gasteiger partial charge on any atom is 0.269 e. The Bertz CT molecular complexity index is 1090. The molecule has 1 aliphatic heterocycles. The zero-order valence-corrected chi connectivity index (χ0v) is 16.8. The largest absolute Gasteiger partial charge is 0.328 e. The van der Waals surface area contributed by atoms with Crippen molar-refractivity contribution in [3.8, 4) is 0 Å². The molecule has 4 rings (SSSR count). The number of hydrazine groups is 1. The molecule has 28 heavy (non-hydrogen) atoms. The summed E-state index contributed by atoms with van der Waals surface area (Å²) in [7, 11) is -1.80. The van der Waals surface area contributed by atoms with E-state index in [9.17, 15) is 8.42 Å². The van der Waals surface area contributed by atoms with Gasteiger partial charge in [0.2, 0.25) is 0 Å². The number of nitrogens with two attached hydrogens (primary N) is 1. The highest BCUT2D eigenvalue weighted by Crippen LogP contribution is 2.28. The van der Waals surface area contributed by atoms with Crippen molar-refractivity contribution in [1.82, 2.24) is 18.9 Å². The lowest BCUT2D eigenvalue weighted by Gasteiger charge is -2.37. The number of anilines is 1. The minimum Gasteiger partial charge on any atom is -0.328 e. The van der Waals surface area contributed by atoms with Crippen LogP contribution in [0.5, 0.6) is 0 Å². The Hall–Kier alpha value is -2.49. The Balaban J connectivity index is 1.73. The molecule has 9 heteroatoms. The van der Waals surface area contributed by atoms with E-state index in [1.165, 1.54) is 16.5 Å². The first-order valence-corrected chi connectivity index (χ1v) is 10.7. The number of nitrogens with zero attached hydrogens (tertiary/aromatic N) is 5. The zero-order chi connectivity index (χ0) is 19.9. The second-order valence-electron chi connectivity index (χ2n) is 7.18. The molecule has 1 aromatic carbocycles. The fourth-order valence-electron chi connectivity index (χ4n) is 3.51. The van der Waals surface area contributed by atoms with E-state index in [0.29, 0.717) is 16.9 Å². The van der Waals surface area contributed by atoms with Gasteiger partial charge in [0, 0.05) is 32.4 Å². The van der Waals surface area contributed by atoms with Gasteiger partial charge in [0.25, 0.3) is 10.0 Å². The summed E-state index contributed by atoms with van der Waals surface area (Å²) < 4.78 is 27.4. The van der Waals surface area contributed by atoms with Gasteiger partial charge in [-0.3, -0.25) is 5.01 Å². The number of aromatic nitrogens is 3. The van der Waals surface area contributed by atoms with Crippen LogP contribution >= 0.6 is 0 Å². The molecule has 8 nitrogen and oxygen atoms in total. The smallest absolute Gasteiger partial charge is 0.269 e. The van der Waals surface area contributed by atoms with Crippen LogP contribution in [0.4, 0.5) is 5.82 Å². The molecule has 0 saturated carbocycles. The second-order valence-corrected chi connectivity index (χ2v) is 8.99. The first-order chi connectivity index (χ1) is 13.4. The molecule has 0 amide bonds. The van der Waals surface area contributed by atoms with E-state index in [1.54, 1.807) is 30.3 Å². The molecule has 0 unspecified atom stereocenters. The van der Waals surface area contributed by atoms with Crippen LogP contribution in [0, 0.1) is 6.92 Å². The monoisotopic (exact) mass is 400 g/mol. The minimum atomic E-state index is -3.74. The van der Waals surface area contributed by atoms with Crippen LogP contribution in [0.1, 0.15) is 18.4 Å². The highest BCUT2D eigenvalue weighted by atomic mass is 32.2. The first-order valence-electron chi connectivity index (χ1n) is 9.26. The number of rotatable bonds is 4. The zero-order valence-electron chi connectivity index (χ0n) is 16.0. The summed E-state index contributed by atoms with van der Waals surface area (Å²) in [6, 6.07) is 8.78.